The third-order valence-corrected chi connectivity index (χ3v) is 11.0. The van der Waals surface area contributed by atoms with E-state index in [-0.39, 0.29) is 58.2 Å². The van der Waals surface area contributed by atoms with Gasteiger partial charge in [-0.05, 0) is 73.2 Å². The number of halogens is 4. The van der Waals surface area contributed by atoms with Crippen LogP contribution in [0.1, 0.15) is 42.1 Å². The maximum absolute atomic E-state index is 13.5. The number of carbonyl (C=O) groups excluding carboxylic acids is 2. The van der Waals surface area contributed by atoms with Crippen LogP contribution in [-0.2, 0) is 41.9 Å². The van der Waals surface area contributed by atoms with E-state index in [9.17, 15) is 32.0 Å². The molecule has 1 aromatic heterocycles. The van der Waals surface area contributed by atoms with Crippen LogP contribution in [0.4, 0.5) is 20.2 Å². The van der Waals surface area contributed by atoms with Gasteiger partial charge in [-0.2, -0.15) is 13.5 Å². The Bertz CT molecular complexity index is 1910. The van der Waals surface area contributed by atoms with Crippen molar-refractivity contribution in [2.24, 2.45) is 5.92 Å². The Morgan fingerprint density at radius 2 is 1.81 bits per heavy atom. The molecule has 1 saturated heterocycles. The molecule has 0 radical (unpaired) electrons. The van der Waals surface area contributed by atoms with Crippen LogP contribution in [0.5, 0.6) is 11.5 Å². The second kappa shape index (κ2) is 17.0. The summed E-state index contributed by atoms with van der Waals surface area (Å²) in [6.07, 6.45) is 3.19. The van der Waals surface area contributed by atoms with Gasteiger partial charge < -0.3 is 29.1 Å². The Morgan fingerprint density at radius 1 is 1.08 bits per heavy atom. The number of fused-ring (bicyclic) bond motifs is 1. The van der Waals surface area contributed by atoms with E-state index in [4.69, 9.17) is 37.4 Å². The van der Waals surface area contributed by atoms with Gasteiger partial charge in [-0.15, -0.1) is 0 Å². The van der Waals surface area contributed by atoms with E-state index in [1.54, 1.807) is 12.1 Å². The van der Waals surface area contributed by atoms with Gasteiger partial charge in [0.15, 0.2) is 23.9 Å². The molecule has 1 atom stereocenters. The number of hydrogen-bond acceptors (Lipinski definition) is 10. The summed E-state index contributed by atoms with van der Waals surface area (Å²) in [5.41, 5.74) is 1.84. The van der Waals surface area contributed by atoms with Gasteiger partial charge in [0, 0.05) is 36.4 Å². The number of ether oxygens (including phenoxy) is 4. The van der Waals surface area contributed by atoms with Crippen molar-refractivity contribution in [3.63, 3.8) is 0 Å². The quantitative estimate of drug-likeness (QED) is 0.114. The van der Waals surface area contributed by atoms with Crippen molar-refractivity contribution in [1.29, 1.82) is 0 Å². The van der Waals surface area contributed by atoms with Gasteiger partial charge in [0.1, 0.15) is 22.7 Å². The summed E-state index contributed by atoms with van der Waals surface area (Å²) < 4.78 is 76.8. The van der Waals surface area contributed by atoms with Crippen molar-refractivity contribution in [3.05, 3.63) is 80.7 Å². The molecule has 0 unspecified atom stereocenters. The zero-order chi connectivity index (χ0) is 37.7. The molecule has 53 heavy (non-hydrogen) atoms. The number of alkyl halides is 2. The number of carbonyl (C=O) groups is 2. The fourth-order valence-electron chi connectivity index (χ4n) is 6.14. The van der Waals surface area contributed by atoms with Crippen molar-refractivity contribution >= 4 is 56.5 Å². The van der Waals surface area contributed by atoms with Crippen molar-refractivity contribution in [2.75, 3.05) is 61.4 Å². The molecule has 6 rings (SSSR count). The first-order valence-electron chi connectivity index (χ1n) is 17.0. The second-order valence-corrected chi connectivity index (χ2v) is 15.7. The fraction of sp³-hybridized carbons (Fsp3) is 0.457. The van der Waals surface area contributed by atoms with Crippen LogP contribution >= 0.6 is 23.2 Å². The van der Waals surface area contributed by atoms with Crippen LogP contribution < -0.4 is 23.8 Å². The van der Waals surface area contributed by atoms with Crippen molar-refractivity contribution in [1.82, 2.24) is 4.90 Å². The molecule has 2 aliphatic heterocycles. The lowest BCUT2D eigenvalue weighted by Gasteiger charge is -2.26. The van der Waals surface area contributed by atoms with E-state index in [1.165, 1.54) is 29.2 Å². The number of rotatable bonds is 17. The smallest absolute Gasteiger partial charge is 0.387 e. The highest BCUT2D eigenvalue weighted by molar-refractivity contribution is 7.92. The van der Waals surface area contributed by atoms with Crippen molar-refractivity contribution < 1.29 is 50.5 Å². The molecule has 2 aromatic carbocycles. The normalized spacial score (nSPS) is 16.8. The molecular formula is C35H38Cl2F2N4O9S. The molecule has 3 aliphatic rings. The van der Waals surface area contributed by atoms with Crippen molar-refractivity contribution in [2.45, 2.75) is 44.8 Å². The SMILES string of the molecule is O=C(CN1C(=O)Cc2cc(NS(=O)(=O)CCCN3CCOCC3)ccc21)O[C@@H](Cc1c(Cl)c[n+]([O-])cc1Cl)c1ccc(OC(F)F)c(OCC2CC2)c1. The van der Waals surface area contributed by atoms with Gasteiger partial charge >= 0.3 is 12.6 Å². The van der Waals surface area contributed by atoms with Crippen LogP contribution in [0.25, 0.3) is 0 Å². The van der Waals surface area contributed by atoms with Gasteiger partial charge in [0.25, 0.3) is 0 Å². The highest BCUT2D eigenvalue weighted by Crippen LogP contribution is 2.38. The number of nitrogens with zero attached hydrogens (tertiary/aromatic N) is 3. The number of sulfonamides is 1. The monoisotopic (exact) mass is 798 g/mol. The molecule has 3 aromatic rings. The summed E-state index contributed by atoms with van der Waals surface area (Å²) in [7, 11) is -3.66. The predicted molar refractivity (Wildman–Crippen MR) is 191 cm³/mol. The summed E-state index contributed by atoms with van der Waals surface area (Å²) in [5.74, 6) is -1.20. The van der Waals surface area contributed by atoms with E-state index >= 15 is 0 Å². The molecule has 1 aliphatic carbocycles. The van der Waals surface area contributed by atoms with Crippen LogP contribution in [0, 0.1) is 11.1 Å². The number of pyridine rings is 1. The molecule has 13 nitrogen and oxygen atoms in total. The molecule has 0 bridgehead atoms. The van der Waals surface area contributed by atoms with Crippen LogP contribution in [0.3, 0.4) is 0 Å². The highest BCUT2D eigenvalue weighted by atomic mass is 35.5. The minimum atomic E-state index is -3.66. The Balaban J connectivity index is 1.17. The Kier molecular flexibility index (Phi) is 12.4. The number of anilines is 2. The topological polar surface area (TPSA) is 151 Å². The fourth-order valence-corrected chi connectivity index (χ4v) is 7.84. The van der Waals surface area contributed by atoms with Gasteiger partial charge in [0.05, 0.1) is 32.0 Å². The van der Waals surface area contributed by atoms with Crippen LogP contribution in [0.2, 0.25) is 10.0 Å². The highest BCUT2D eigenvalue weighted by Gasteiger charge is 2.32. The molecular weight excluding hydrogens is 761 g/mol. The molecule has 18 heteroatoms. The first kappa shape index (κ1) is 38.8. The van der Waals surface area contributed by atoms with E-state index in [0.29, 0.717) is 53.4 Å². The summed E-state index contributed by atoms with van der Waals surface area (Å²) in [5, 5.41) is 11.9. The number of benzene rings is 2. The molecule has 2 fully saturated rings. The third kappa shape index (κ3) is 10.6. The molecule has 3 heterocycles. The molecule has 1 N–H and O–H groups in total. The summed E-state index contributed by atoms with van der Waals surface area (Å²) in [6.45, 7) is 0.0810. The van der Waals surface area contributed by atoms with E-state index in [1.807, 2.05) is 0 Å². The second-order valence-electron chi connectivity index (χ2n) is 13.0. The Labute approximate surface area is 315 Å². The van der Waals surface area contributed by atoms with E-state index in [0.717, 1.165) is 38.3 Å². The summed E-state index contributed by atoms with van der Waals surface area (Å²) in [6, 6.07) is 8.78. The summed E-state index contributed by atoms with van der Waals surface area (Å²) >= 11 is 12.7. The van der Waals surface area contributed by atoms with E-state index < -0.39 is 41.2 Å². The largest absolute Gasteiger partial charge is 0.619 e. The number of amides is 1. The lowest BCUT2D eigenvalue weighted by molar-refractivity contribution is -0.605. The predicted octanol–water partition coefficient (Wildman–Crippen LogP) is 4.90. The van der Waals surface area contributed by atoms with Crippen molar-refractivity contribution in [3.8, 4) is 11.5 Å². The van der Waals surface area contributed by atoms with Gasteiger partial charge in [-0.3, -0.25) is 19.2 Å². The maximum Gasteiger partial charge on any atom is 0.387 e. The standard InChI is InChI=1S/C35H38Cl2F2N4O9S/c36-27-18-42(46)19-28(37)26(27)17-31(23-4-7-30(52-35(38)39)32(15-23)50-21-22-2-3-22)51-34(45)20-43-29-6-5-25(14-24(29)16-33(43)44)40-53(47,48)13-1-8-41-9-11-49-12-10-41/h4-7,14-15,18-19,22,31,35,40H,1-3,8-13,16-17,20-21H2/t31-/m0/s1. The number of esters is 1. The molecule has 1 saturated carbocycles. The average molecular weight is 800 g/mol. The number of hydrogen-bond donors (Lipinski definition) is 1. The lowest BCUT2D eigenvalue weighted by atomic mass is 10.0. The summed E-state index contributed by atoms with van der Waals surface area (Å²) in [4.78, 5) is 30.1. The van der Waals surface area contributed by atoms with Crippen LogP contribution in [-0.4, -0.2) is 83.6 Å². The Hall–Kier alpha value is -3.96. The average Bonchev–Trinajstić information content (AvgIpc) is 3.88. The van der Waals surface area contributed by atoms with Gasteiger partial charge in [-0.25, -0.2) is 8.42 Å². The first-order chi connectivity index (χ1) is 25.3. The number of nitrogens with one attached hydrogen (secondary N) is 1. The minimum absolute atomic E-state index is 0.00332. The molecule has 0 spiro atoms. The number of aromatic nitrogens is 1. The first-order valence-corrected chi connectivity index (χ1v) is 19.5. The zero-order valence-electron chi connectivity index (χ0n) is 28.5. The third-order valence-electron chi connectivity index (χ3n) is 9.01. The maximum atomic E-state index is 13.5. The molecule has 1 amide bonds. The molecule has 286 valence electrons. The Morgan fingerprint density at radius 3 is 2.51 bits per heavy atom. The minimum Gasteiger partial charge on any atom is -0.619 e. The zero-order valence-corrected chi connectivity index (χ0v) is 30.8. The number of morpholine rings is 1. The van der Waals surface area contributed by atoms with Gasteiger partial charge in [-0.1, -0.05) is 29.3 Å². The van der Waals surface area contributed by atoms with Gasteiger partial charge in [0.2, 0.25) is 15.9 Å². The lowest BCUT2D eigenvalue weighted by Crippen LogP contribution is -2.37. The van der Waals surface area contributed by atoms with E-state index in [2.05, 4.69) is 14.4 Å². The van der Waals surface area contributed by atoms with Crippen LogP contribution in [0.15, 0.2) is 48.8 Å².